The number of nitrogens with two attached hydrogens (primary N) is 1. The van der Waals surface area contributed by atoms with E-state index in [4.69, 9.17) is 5.73 Å². The largest absolute Gasteiger partial charge is 0.397 e. The number of nitrogens with zero attached hydrogens (tertiary/aromatic N) is 1. The van der Waals surface area contributed by atoms with Crippen molar-refractivity contribution < 1.29 is 9.90 Å². The third-order valence-corrected chi connectivity index (χ3v) is 3.82. The van der Waals surface area contributed by atoms with Crippen LogP contribution in [0.15, 0.2) is 51.4 Å². The third kappa shape index (κ3) is 3.84. The molecule has 3 N–H and O–H groups in total. The van der Waals surface area contributed by atoms with E-state index < -0.39 is 0 Å². The van der Waals surface area contributed by atoms with Crippen LogP contribution in [-0.2, 0) is 0 Å². The fourth-order valence-corrected chi connectivity index (χ4v) is 3.29. The standard InChI is InChI=1S/C15H14Br2N2O2/c16-11-7-10(8-12(17)9-11)15(21)19(5-6-20)14-4-2-1-3-13(14)18/h1-4,7-9,20H,5-6,18H2. The second-order valence-corrected chi connectivity index (χ2v) is 6.23. The number of benzene rings is 2. The number of anilines is 2. The lowest BCUT2D eigenvalue weighted by molar-refractivity contribution is 0.0981. The van der Waals surface area contributed by atoms with Crippen LogP contribution >= 0.6 is 31.9 Å². The van der Waals surface area contributed by atoms with Gasteiger partial charge in [-0.05, 0) is 30.3 Å². The van der Waals surface area contributed by atoms with Crippen molar-refractivity contribution in [2.45, 2.75) is 0 Å². The topological polar surface area (TPSA) is 66.6 Å². The summed E-state index contributed by atoms with van der Waals surface area (Å²) < 4.78 is 1.59. The molecular formula is C15H14Br2N2O2. The van der Waals surface area contributed by atoms with Crippen LogP contribution in [0.5, 0.6) is 0 Å². The summed E-state index contributed by atoms with van der Waals surface area (Å²) in [5.74, 6) is -0.219. The number of carbonyl (C=O) groups is 1. The monoisotopic (exact) mass is 412 g/mol. The van der Waals surface area contributed by atoms with E-state index in [0.29, 0.717) is 16.9 Å². The van der Waals surface area contributed by atoms with Crippen LogP contribution in [0, 0.1) is 0 Å². The SMILES string of the molecule is Nc1ccccc1N(CCO)C(=O)c1cc(Br)cc(Br)c1. The number of hydrogen-bond acceptors (Lipinski definition) is 3. The Balaban J connectivity index is 2.42. The zero-order valence-electron chi connectivity index (χ0n) is 11.1. The van der Waals surface area contributed by atoms with Gasteiger partial charge < -0.3 is 15.7 Å². The van der Waals surface area contributed by atoms with Gasteiger partial charge in [0, 0.05) is 21.1 Å². The highest BCUT2D eigenvalue weighted by molar-refractivity contribution is 9.11. The Morgan fingerprint density at radius 1 is 1.14 bits per heavy atom. The van der Waals surface area contributed by atoms with Crippen LogP contribution in [-0.4, -0.2) is 24.2 Å². The molecule has 0 unspecified atom stereocenters. The first-order valence-corrected chi connectivity index (χ1v) is 7.85. The van der Waals surface area contributed by atoms with Crippen molar-refractivity contribution in [2.75, 3.05) is 23.8 Å². The molecule has 21 heavy (non-hydrogen) atoms. The number of hydrogen-bond donors (Lipinski definition) is 2. The van der Waals surface area contributed by atoms with E-state index in [1.807, 2.05) is 6.07 Å². The fourth-order valence-electron chi connectivity index (χ4n) is 2.00. The highest BCUT2D eigenvalue weighted by Crippen LogP contribution is 2.26. The molecule has 2 rings (SSSR count). The van der Waals surface area contributed by atoms with Gasteiger partial charge in [0.1, 0.15) is 0 Å². The molecule has 0 heterocycles. The lowest BCUT2D eigenvalue weighted by Gasteiger charge is -2.23. The molecule has 0 aliphatic carbocycles. The molecule has 2 aromatic rings. The van der Waals surface area contributed by atoms with Gasteiger partial charge in [0.25, 0.3) is 5.91 Å². The maximum atomic E-state index is 12.7. The first-order valence-electron chi connectivity index (χ1n) is 6.26. The summed E-state index contributed by atoms with van der Waals surface area (Å²) in [6, 6.07) is 12.4. The van der Waals surface area contributed by atoms with Crippen LogP contribution < -0.4 is 10.6 Å². The number of aliphatic hydroxyl groups is 1. The van der Waals surface area contributed by atoms with Gasteiger partial charge in [0.05, 0.1) is 18.0 Å². The number of aliphatic hydroxyl groups excluding tert-OH is 1. The van der Waals surface area contributed by atoms with Crippen molar-refractivity contribution in [3.8, 4) is 0 Å². The molecular weight excluding hydrogens is 400 g/mol. The van der Waals surface area contributed by atoms with E-state index >= 15 is 0 Å². The summed E-state index contributed by atoms with van der Waals surface area (Å²) in [6.07, 6.45) is 0. The summed E-state index contributed by atoms with van der Waals surface area (Å²) in [7, 11) is 0. The maximum Gasteiger partial charge on any atom is 0.258 e. The van der Waals surface area contributed by atoms with Gasteiger partial charge in [-0.3, -0.25) is 4.79 Å². The van der Waals surface area contributed by atoms with Crippen molar-refractivity contribution in [1.82, 2.24) is 0 Å². The molecule has 0 aliphatic rings. The zero-order valence-corrected chi connectivity index (χ0v) is 14.3. The Hall–Kier alpha value is -1.37. The summed E-state index contributed by atoms with van der Waals surface area (Å²) in [5.41, 5.74) is 7.52. The maximum absolute atomic E-state index is 12.7. The van der Waals surface area contributed by atoms with E-state index in [2.05, 4.69) is 31.9 Å². The molecule has 0 saturated carbocycles. The lowest BCUT2D eigenvalue weighted by atomic mass is 10.1. The molecule has 0 radical (unpaired) electrons. The second kappa shape index (κ2) is 7.06. The van der Waals surface area contributed by atoms with E-state index in [0.717, 1.165) is 8.95 Å². The van der Waals surface area contributed by atoms with Gasteiger partial charge >= 0.3 is 0 Å². The molecule has 0 aliphatic heterocycles. The highest BCUT2D eigenvalue weighted by Gasteiger charge is 2.19. The number of amides is 1. The van der Waals surface area contributed by atoms with Gasteiger partial charge in [-0.15, -0.1) is 0 Å². The van der Waals surface area contributed by atoms with Crippen molar-refractivity contribution in [3.63, 3.8) is 0 Å². The predicted octanol–water partition coefficient (Wildman–Crippen LogP) is 3.43. The molecule has 1 amide bonds. The van der Waals surface area contributed by atoms with E-state index in [-0.39, 0.29) is 19.1 Å². The molecule has 0 atom stereocenters. The first kappa shape index (κ1) is 16.0. The van der Waals surface area contributed by atoms with E-state index in [1.165, 1.54) is 4.90 Å². The quantitative estimate of drug-likeness (QED) is 0.754. The minimum Gasteiger partial charge on any atom is -0.397 e. The molecule has 0 bridgehead atoms. The van der Waals surface area contributed by atoms with Gasteiger partial charge in [-0.25, -0.2) is 0 Å². The Bertz CT molecular complexity index is 642. The second-order valence-electron chi connectivity index (χ2n) is 4.40. The van der Waals surface area contributed by atoms with Crippen LogP contribution in [0.4, 0.5) is 11.4 Å². The number of carbonyl (C=O) groups excluding carboxylic acids is 1. The molecule has 6 heteroatoms. The van der Waals surface area contributed by atoms with Crippen LogP contribution in [0.1, 0.15) is 10.4 Å². The lowest BCUT2D eigenvalue weighted by Crippen LogP contribution is -2.34. The predicted molar refractivity (Wildman–Crippen MR) is 91.5 cm³/mol. The Morgan fingerprint density at radius 3 is 2.33 bits per heavy atom. The van der Waals surface area contributed by atoms with E-state index in [1.54, 1.807) is 36.4 Å². The molecule has 110 valence electrons. The number of halogens is 2. The first-order chi connectivity index (χ1) is 10.0. The number of para-hydroxylation sites is 2. The molecule has 4 nitrogen and oxygen atoms in total. The smallest absolute Gasteiger partial charge is 0.258 e. The Morgan fingerprint density at radius 2 is 1.76 bits per heavy atom. The normalized spacial score (nSPS) is 10.4. The fraction of sp³-hybridized carbons (Fsp3) is 0.133. The number of rotatable bonds is 4. The van der Waals surface area contributed by atoms with Crippen molar-refractivity contribution in [3.05, 3.63) is 57.0 Å². The minimum absolute atomic E-state index is 0.144. The summed E-state index contributed by atoms with van der Waals surface area (Å²) in [6.45, 7) is 0.0342. The third-order valence-electron chi connectivity index (χ3n) is 2.91. The molecule has 0 spiro atoms. The Labute approximate surface area is 139 Å². The van der Waals surface area contributed by atoms with Gasteiger partial charge in [-0.1, -0.05) is 44.0 Å². The summed E-state index contributed by atoms with van der Waals surface area (Å²) in [4.78, 5) is 14.2. The summed E-state index contributed by atoms with van der Waals surface area (Å²) in [5, 5.41) is 9.24. The van der Waals surface area contributed by atoms with Gasteiger partial charge in [-0.2, -0.15) is 0 Å². The average molecular weight is 414 g/mol. The van der Waals surface area contributed by atoms with Gasteiger partial charge in [0.15, 0.2) is 0 Å². The number of nitrogen functional groups attached to an aromatic ring is 1. The van der Waals surface area contributed by atoms with Crippen LogP contribution in [0.2, 0.25) is 0 Å². The van der Waals surface area contributed by atoms with Gasteiger partial charge in [0.2, 0.25) is 0 Å². The van der Waals surface area contributed by atoms with Crippen LogP contribution in [0.25, 0.3) is 0 Å². The van der Waals surface area contributed by atoms with Crippen molar-refractivity contribution >= 4 is 49.1 Å². The molecule has 0 saturated heterocycles. The van der Waals surface area contributed by atoms with Crippen molar-refractivity contribution in [1.29, 1.82) is 0 Å². The minimum atomic E-state index is -0.219. The Kier molecular flexibility index (Phi) is 5.39. The highest BCUT2D eigenvalue weighted by atomic mass is 79.9. The average Bonchev–Trinajstić information content (AvgIpc) is 2.44. The summed E-state index contributed by atoms with van der Waals surface area (Å²) >= 11 is 6.73. The van der Waals surface area contributed by atoms with Crippen molar-refractivity contribution in [2.24, 2.45) is 0 Å². The molecule has 0 aromatic heterocycles. The molecule has 2 aromatic carbocycles. The van der Waals surface area contributed by atoms with Crippen LogP contribution in [0.3, 0.4) is 0 Å². The molecule has 0 fully saturated rings. The van der Waals surface area contributed by atoms with E-state index in [9.17, 15) is 9.90 Å². The zero-order chi connectivity index (χ0) is 15.4.